The number of thioether (sulfide) groups is 1. The van der Waals surface area contributed by atoms with E-state index in [1.54, 1.807) is 4.90 Å². The molecule has 1 fully saturated rings. The number of hydrogen-bond acceptors (Lipinski definition) is 4. The van der Waals surface area contributed by atoms with Crippen molar-refractivity contribution in [2.45, 2.75) is 31.1 Å². The highest BCUT2D eigenvalue weighted by Crippen LogP contribution is 2.20. The quantitative estimate of drug-likeness (QED) is 0.690. The van der Waals surface area contributed by atoms with Crippen molar-refractivity contribution >= 4 is 23.8 Å². The van der Waals surface area contributed by atoms with Crippen LogP contribution in [0.15, 0.2) is 0 Å². The third-order valence-corrected chi connectivity index (χ3v) is 4.30. The monoisotopic (exact) mass is 276 g/mol. The van der Waals surface area contributed by atoms with Crippen LogP contribution in [0.5, 0.6) is 0 Å². The number of carbonyl (C=O) groups is 2. The average Bonchev–Trinajstić information content (AvgIpc) is 2.36. The van der Waals surface area contributed by atoms with Gasteiger partial charge in [0.05, 0.1) is 6.54 Å². The van der Waals surface area contributed by atoms with Crippen LogP contribution in [-0.4, -0.2) is 63.4 Å². The maximum Gasteiger partial charge on any atom is 0.337 e. The van der Waals surface area contributed by atoms with Crippen LogP contribution in [0.4, 0.5) is 4.79 Å². The summed E-state index contributed by atoms with van der Waals surface area (Å²) in [5.74, 6) is -0.454. The number of amides is 2. The van der Waals surface area contributed by atoms with E-state index in [1.807, 2.05) is 11.8 Å². The maximum absolute atomic E-state index is 11.8. The van der Waals surface area contributed by atoms with E-state index in [2.05, 4.69) is 12.2 Å². The minimum absolute atomic E-state index is 0.290. The van der Waals surface area contributed by atoms with Gasteiger partial charge in [-0.3, -0.25) is 0 Å². The molecule has 3 N–H and O–H groups in total. The summed E-state index contributed by atoms with van der Waals surface area (Å²) in [6, 6.07) is -0.310. The molecule has 0 aromatic heterocycles. The zero-order chi connectivity index (χ0) is 13.8. The second kappa shape index (κ2) is 6.29. The Bertz CT molecular complexity index is 322. The number of aliphatic carboxylic acids is 1. The normalized spacial score (nSPS) is 23.3. The molecule has 0 aromatic rings. The molecule has 0 bridgehead atoms. The van der Waals surface area contributed by atoms with Crippen molar-refractivity contribution < 1.29 is 19.8 Å². The number of hydrogen-bond donors (Lipinski definition) is 3. The molecule has 0 spiro atoms. The van der Waals surface area contributed by atoms with E-state index in [-0.39, 0.29) is 12.6 Å². The Morgan fingerprint density at radius 3 is 2.78 bits per heavy atom. The fraction of sp³-hybridized carbons (Fsp3) is 0.818. The molecule has 0 saturated carbocycles. The van der Waals surface area contributed by atoms with Crippen molar-refractivity contribution in [1.82, 2.24) is 10.2 Å². The molecule has 7 heteroatoms. The van der Waals surface area contributed by atoms with Gasteiger partial charge in [-0.25, -0.2) is 9.59 Å². The summed E-state index contributed by atoms with van der Waals surface area (Å²) in [6.07, 6.45) is 1.00. The number of nitrogens with one attached hydrogen (secondary N) is 1. The Labute approximate surface area is 111 Å². The van der Waals surface area contributed by atoms with E-state index in [0.29, 0.717) is 18.3 Å². The van der Waals surface area contributed by atoms with E-state index < -0.39 is 11.6 Å². The molecule has 2 unspecified atom stereocenters. The number of carbonyl (C=O) groups excluding carboxylic acids is 1. The van der Waals surface area contributed by atoms with Gasteiger partial charge in [-0.05, 0) is 13.3 Å². The SMILES string of the molecule is CCC1CN(C(=O)NCC(C)(O)C(=O)O)CCS1. The smallest absolute Gasteiger partial charge is 0.337 e. The lowest BCUT2D eigenvalue weighted by atomic mass is 10.1. The Hall–Kier alpha value is -0.950. The minimum atomic E-state index is -1.93. The van der Waals surface area contributed by atoms with E-state index >= 15 is 0 Å². The summed E-state index contributed by atoms with van der Waals surface area (Å²) in [5, 5.41) is 21.1. The van der Waals surface area contributed by atoms with Gasteiger partial charge in [0, 0.05) is 24.1 Å². The fourth-order valence-electron chi connectivity index (χ4n) is 1.59. The van der Waals surface area contributed by atoms with Gasteiger partial charge in [0.2, 0.25) is 0 Å². The predicted molar refractivity (Wildman–Crippen MR) is 69.8 cm³/mol. The second-order valence-corrected chi connectivity index (χ2v) is 5.99. The molecule has 6 nitrogen and oxygen atoms in total. The summed E-state index contributed by atoms with van der Waals surface area (Å²) in [6.45, 7) is 4.27. The summed E-state index contributed by atoms with van der Waals surface area (Å²) >= 11 is 1.85. The first-order chi connectivity index (χ1) is 8.36. The van der Waals surface area contributed by atoms with Crippen molar-refractivity contribution in [1.29, 1.82) is 0 Å². The molecule has 0 aliphatic carbocycles. The number of carboxylic acids is 1. The van der Waals surface area contributed by atoms with Crippen molar-refractivity contribution in [2.75, 3.05) is 25.4 Å². The molecular formula is C11H20N2O4S. The average molecular weight is 276 g/mol. The van der Waals surface area contributed by atoms with Crippen molar-refractivity contribution in [3.05, 3.63) is 0 Å². The summed E-state index contributed by atoms with van der Waals surface area (Å²) in [7, 11) is 0. The van der Waals surface area contributed by atoms with Gasteiger partial charge in [0.15, 0.2) is 5.60 Å². The Balaban J connectivity index is 2.43. The molecule has 1 heterocycles. The van der Waals surface area contributed by atoms with Gasteiger partial charge in [-0.1, -0.05) is 6.92 Å². The lowest BCUT2D eigenvalue weighted by molar-refractivity contribution is -0.155. The molecule has 2 amide bonds. The molecule has 18 heavy (non-hydrogen) atoms. The van der Waals surface area contributed by atoms with Crippen molar-refractivity contribution in [3.63, 3.8) is 0 Å². The Morgan fingerprint density at radius 2 is 2.22 bits per heavy atom. The molecule has 1 saturated heterocycles. The molecule has 1 aliphatic heterocycles. The van der Waals surface area contributed by atoms with Crippen LogP contribution in [0.25, 0.3) is 0 Å². The molecule has 104 valence electrons. The second-order valence-electron chi connectivity index (χ2n) is 4.58. The maximum atomic E-state index is 11.8. The number of urea groups is 1. The predicted octanol–water partition coefficient (Wildman–Crippen LogP) is 0.359. The summed E-state index contributed by atoms with van der Waals surface area (Å²) < 4.78 is 0. The van der Waals surface area contributed by atoms with Crippen LogP contribution in [0.2, 0.25) is 0 Å². The molecule has 0 aromatic carbocycles. The molecule has 0 radical (unpaired) electrons. The van der Waals surface area contributed by atoms with Gasteiger partial charge in [-0.2, -0.15) is 11.8 Å². The third kappa shape index (κ3) is 4.06. The standard InChI is InChI=1S/C11H20N2O4S/c1-3-8-6-13(4-5-18-8)10(16)12-7-11(2,17)9(14)15/h8,17H,3-7H2,1-2H3,(H,12,16)(H,14,15). The minimum Gasteiger partial charge on any atom is -0.479 e. The van der Waals surface area contributed by atoms with Gasteiger partial charge < -0.3 is 20.4 Å². The Kier molecular flexibility index (Phi) is 5.28. The van der Waals surface area contributed by atoms with Gasteiger partial charge in [0.25, 0.3) is 0 Å². The largest absolute Gasteiger partial charge is 0.479 e. The first-order valence-corrected chi connectivity index (χ1v) is 7.02. The fourth-order valence-corrected chi connectivity index (χ4v) is 2.77. The Morgan fingerprint density at radius 1 is 1.56 bits per heavy atom. The van der Waals surface area contributed by atoms with Gasteiger partial charge in [0.1, 0.15) is 0 Å². The van der Waals surface area contributed by atoms with E-state index in [0.717, 1.165) is 19.1 Å². The van der Waals surface area contributed by atoms with E-state index in [9.17, 15) is 14.7 Å². The zero-order valence-electron chi connectivity index (χ0n) is 10.7. The van der Waals surface area contributed by atoms with E-state index in [4.69, 9.17) is 5.11 Å². The van der Waals surface area contributed by atoms with Crippen LogP contribution < -0.4 is 5.32 Å². The first-order valence-electron chi connectivity index (χ1n) is 5.97. The highest BCUT2D eigenvalue weighted by molar-refractivity contribution is 8.00. The zero-order valence-corrected chi connectivity index (χ0v) is 11.5. The molecule has 2 atom stereocenters. The summed E-state index contributed by atoms with van der Waals surface area (Å²) in [5.41, 5.74) is -1.93. The number of rotatable bonds is 4. The van der Waals surface area contributed by atoms with Crippen LogP contribution in [0, 0.1) is 0 Å². The van der Waals surface area contributed by atoms with Crippen LogP contribution in [0.3, 0.4) is 0 Å². The number of nitrogens with zero attached hydrogens (tertiary/aromatic N) is 1. The van der Waals surface area contributed by atoms with Gasteiger partial charge in [-0.15, -0.1) is 0 Å². The van der Waals surface area contributed by atoms with Gasteiger partial charge >= 0.3 is 12.0 Å². The highest BCUT2D eigenvalue weighted by atomic mass is 32.2. The molecular weight excluding hydrogens is 256 g/mol. The van der Waals surface area contributed by atoms with Crippen LogP contribution in [-0.2, 0) is 4.79 Å². The summed E-state index contributed by atoms with van der Waals surface area (Å²) in [4.78, 5) is 24.2. The topological polar surface area (TPSA) is 89.9 Å². The number of aliphatic hydroxyl groups is 1. The highest BCUT2D eigenvalue weighted by Gasteiger charge is 2.31. The van der Waals surface area contributed by atoms with E-state index in [1.165, 1.54) is 0 Å². The third-order valence-electron chi connectivity index (χ3n) is 2.93. The lowest BCUT2D eigenvalue weighted by Crippen LogP contribution is -2.52. The molecule has 1 rings (SSSR count). The van der Waals surface area contributed by atoms with Crippen molar-refractivity contribution in [2.24, 2.45) is 0 Å². The molecule has 1 aliphatic rings. The van der Waals surface area contributed by atoms with Crippen molar-refractivity contribution in [3.8, 4) is 0 Å². The lowest BCUT2D eigenvalue weighted by Gasteiger charge is -2.32. The number of carboxylic acid groups (broad SMARTS) is 1. The van der Waals surface area contributed by atoms with Crippen LogP contribution >= 0.6 is 11.8 Å². The van der Waals surface area contributed by atoms with Crippen LogP contribution in [0.1, 0.15) is 20.3 Å². The first kappa shape index (κ1) is 15.1.